The minimum atomic E-state index is -0.428. The molecule has 1 aromatic rings. The molecule has 1 rings (SSSR count). The number of carbonyl (C=O) groups is 2. The first-order valence-corrected chi connectivity index (χ1v) is 6.18. The monoisotopic (exact) mass is 268 g/mol. The van der Waals surface area contributed by atoms with Crippen molar-refractivity contribution in [3.05, 3.63) is 11.9 Å². The molecule has 0 aromatic carbocycles. The third kappa shape index (κ3) is 5.47. The average Bonchev–Trinajstić information content (AvgIpc) is 2.82. The molecule has 4 N–H and O–H groups in total. The van der Waals surface area contributed by atoms with Crippen LogP contribution in [0, 0.1) is 5.92 Å². The van der Waals surface area contributed by atoms with Crippen LogP contribution in [0.2, 0.25) is 0 Å². The van der Waals surface area contributed by atoms with E-state index in [4.69, 9.17) is 5.73 Å². The number of rotatable bonds is 7. The van der Waals surface area contributed by atoms with Crippen LogP contribution in [0.5, 0.6) is 0 Å². The maximum Gasteiger partial charge on any atom is 0.273 e. The zero-order valence-electron chi connectivity index (χ0n) is 11.2. The van der Waals surface area contributed by atoms with E-state index < -0.39 is 5.91 Å². The van der Waals surface area contributed by atoms with Crippen molar-refractivity contribution in [1.82, 2.24) is 25.6 Å². The zero-order chi connectivity index (χ0) is 14.3. The summed E-state index contributed by atoms with van der Waals surface area (Å²) in [4.78, 5) is 23.1. The summed E-state index contributed by atoms with van der Waals surface area (Å²) in [5, 5.41) is 12.6. The SMILES string of the molecule is CC(C)CNC(=O)CNC(=O)c1cn(CCN)nn1. The minimum absolute atomic E-state index is 0.0741. The molecule has 0 aliphatic rings. The van der Waals surface area contributed by atoms with E-state index in [1.165, 1.54) is 10.9 Å². The molecule has 0 aliphatic carbocycles. The lowest BCUT2D eigenvalue weighted by molar-refractivity contribution is -0.120. The number of nitrogens with two attached hydrogens (primary N) is 1. The van der Waals surface area contributed by atoms with Gasteiger partial charge in [-0.15, -0.1) is 5.10 Å². The van der Waals surface area contributed by atoms with Crippen molar-refractivity contribution >= 4 is 11.8 Å². The molecule has 0 aliphatic heterocycles. The summed E-state index contributed by atoms with van der Waals surface area (Å²) < 4.78 is 1.48. The second kappa shape index (κ2) is 7.47. The Morgan fingerprint density at radius 3 is 2.79 bits per heavy atom. The van der Waals surface area contributed by atoms with Gasteiger partial charge < -0.3 is 16.4 Å². The van der Waals surface area contributed by atoms with Crippen molar-refractivity contribution in [2.24, 2.45) is 11.7 Å². The van der Waals surface area contributed by atoms with Crippen molar-refractivity contribution in [2.45, 2.75) is 20.4 Å². The van der Waals surface area contributed by atoms with E-state index in [1.807, 2.05) is 13.8 Å². The number of nitrogens with zero attached hydrogens (tertiary/aromatic N) is 3. The number of carbonyl (C=O) groups excluding carboxylic acids is 2. The van der Waals surface area contributed by atoms with Gasteiger partial charge in [0.25, 0.3) is 5.91 Å². The third-order valence-electron chi connectivity index (χ3n) is 2.25. The second-order valence-corrected chi connectivity index (χ2v) is 4.54. The smallest absolute Gasteiger partial charge is 0.273 e. The van der Waals surface area contributed by atoms with Gasteiger partial charge in [-0.3, -0.25) is 14.3 Å². The highest BCUT2D eigenvalue weighted by Gasteiger charge is 2.11. The molecule has 1 aromatic heterocycles. The molecular weight excluding hydrogens is 248 g/mol. The van der Waals surface area contributed by atoms with Crippen LogP contribution in [0.4, 0.5) is 0 Å². The molecule has 0 saturated carbocycles. The van der Waals surface area contributed by atoms with Gasteiger partial charge in [-0.25, -0.2) is 0 Å². The van der Waals surface area contributed by atoms with Crippen molar-refractivity contribution in [2.75, 3.05) is 19.6 Å². The Bertz CT molecular complexity index is 429. The van der Waals surface area contributed by atoms with Gasteiger partial charge in [0.05, 0.1) is 19.3 Å². The summed E-state index contributed by atoms with van der Waals surface area (Å²) in [7, 11) is 0. The molecular formula is C11H20N6O2. The summed E-state index contributed by atoms with van der Waals surface area (Å²) in [6.45, 7) is 5.41. The molecule has 8 nitrogen and oxygen atoms in total. The predicted octanol–water partition coefficient (Wildman–Crippen LogP) is -1.26. The highest BCUT2D eigenvalue weighted by molar-refractivity contribution is 5.94. The van der Waals surface area contributed by atoms with E-state index in [9.17, 15) is 9.59 Å². The molecule has 2 amide bonds. The number of amides is 2. The fourth-order valence-electron chi connectivity index (χ4n) is 1.28. The normalized spacial score (nSPS) is 10.5. The van der Waals surface area contributed by atoms with E-state index in [-0.39, 0.29) is 18.1 Å². The molecule has 0 fully saturated rings. The molecule has 106 valence electrons. The van der Waals surface area contributed by atoms with Gasteiger partial charge in [0.2, 0.25) is 5.91 Å². The largest absolute Gasteiger partial charge is 0.354 e. The molecule has 8 heteroatoms. The highest BCUT2D eigenvalue weighted by Crippen LogP contribution is 1.92. The molecule has 0 radical (unpaired) electrons. The molecule has 0 spiro atoms. The lowest BCUT2D eigenvalue weighted by atomic mass is 10.2. The molecule has 1 heterocycles. The molecule has 19 heavy (non-hydrogen) atoms. The van der Waals surface area contributed by atoms with Crippen LogP contribution < -0.4 is 16.4 Å². The quantitative estimate of drug-likeness (QED) is 0.571. The second-order valence-electron chi connectivity index (χ2n) is 4.54. The van der Waals surface area contributed by atoms with Gasteiger partial charge in [-0.05, 0) is 5.92 Å². The van der Waals surface area contributed by atoms with E-state index in [1.54, 1.807) is 0 Å². The Hall–Kier alpha value is -1.96. The summed E-state index contributed by atoms with van der Waals surface area (Å²) in [5.74, 6) is -0.282. The first-order valence-electron chi connectivity index (χ1n) is 6.18. The van der Waals surface area contributed by atoms with Gasteiger partial charge in [-0.2, -0.15) is 0 Å². The van der Waals surface area contributed by atoms with Gasteiger partial charge in [-0.1, -0.05) is 19.1 Å². The maximum atomic E-state index is 11.7. The third-order valence-corrected chi connectivity index (χ3v) is 2.25. The molecule has 0 saturated heterocycles. The summed E-state index contributed by atoms with van der Waals surface area (Å²) in [6, 6.07) is 0. The zero-order valence-corrected chi connectivity index (χ0v) is 11.2. The van der Waals surface area contributed by atoms with Crippen LogP contribution in [0.1, 0.15) is 24.3 Å². The summed E-state index contributed by atoms with van der Waals surface area (Å²) in [6.07, 6.45) is 1.49. The Morgan fingerprint density at radius 1 is 1.42 bits per heavy atom. The van der Waals surface area contributed by atoms with Gasteiger partial charge in [0.15, 0.2) is 5.69 Å². The lowest BCUT2D eigenvalue weighted by Gasteiger charge is -2.07. The van der Waals surface area contributed by atoms with Crippen molar-refractivity contribution in [3.63, 3.8) is 0 Å². The van der Waals surface area contributed by atoms with Crippen LogP contribution in [0.25, 0.3) is 0 Å². The average molecular weight is 268 g/mol. The molecule has 0 atom stereocenters. The van der Waals surface area contributed by atoms with Gasteiger partial charge in [0.1, 0.15) is 0 Å². The van der Waals surface area contributed by atoms with Crippen molar-refractivity contribution in [1.29, 1.82) is 0 Å². The molecule has 0 bridgehead atoms. The number of hydrogen-bond acceptors (Lipinski definition) is 5. The number of nitrogens with one attached hydrogen (secondary N) is 2. The number of aromatic nitrogens is 3. The van der Waals surface area contributed by atoms with Crippen molar-refractivity contribution in [3.8, 4) is 0 Å². The Balaban J connectivity index is 2.35. The van der Waals surface area contributed by atoms with Crippen LogP contribution in [-0.4, -0.2) is 46.4 Å². The van der Waals surface area contributed by atoms with E-state index in [2.05, 4.69) is 20.9 Å². The predicted molar refractivity (Wildman–Crippen MR) is 69.3 cm³/mol. The van der Waals surface area contributed by atoms with Gasteiger partial charge in [0, 0.05) is 13.1 Å². The van der Waals surface area contributed by atoms with E-state index in [0.29, 0.717) is 25.6 Å². The first-order chi connectivity index (χ1) is 9.02. The van der Waals surface area contributed by atoms with E-state index >= 15 is 0 Å². The topological polar surface area (TPSA) is 115 Å². The molecule has 0 unspecified atom stereocenters. The van der Waals surface area contributed by atoms with Crippen LogP contribution in [0.3, 0.4) is 0 Å². The fraction of sp³-hybridized carbons (Fsp3) is 0.636. The van der Waals surface area contributed by atoms with Gasteiger partial charge >= 0.3 is 0 Å². The van der Waals surface area contributed by atoms with Crippen LogP contribution in [-0.2, 0) is 11.3 Å². The fourth-order valence-corrected chi connectivity index (χ4v) is 1.28. The Morgan fingerprint density at radius 2 is 2.16 bits per heavy atom. The lowest BCUT2D eigenvalue weighted by Crippen LogP contribution is -2.38. The maximum absolute atomic E-state index is 11.7. The number of hydrogen-bond donors (Lipinski definition) is 3. The highest BCUT2D eigenvalue weighted by atomic mass is 16.2. The van der Waals surface area contributed by atoms with E-state index in [0.717, 1.165) is 0 Å². The minimum Gasteiger partial charge on any atom is -0.354 e. The van der Waals surface area contributed by atoms with Crippen LogP contribution in [0.15, 0.2) is 6.20 Å². The summed E-state index contributed by atoms with van der Waals surface area (Å²) in [5.41, 5.74) is 5.53. The van der Waals surface area contributed by atoms with Crippen molar-refractivity contribution < 1.29 is 9.59 Å². The Labute approximate surface area is 111 Å². The standard InChI is InChI=1S/C11H20N6O2/c1-8(2)5-13-10(18)6-14-11(19)9-7-17(4-3-12)16-15-9/h7-8H,3-6,12H2,1-2H3,(H,13,18)(H,14,19). The Kier molecular flexibility index (Phi) is 5.94. The summed E-state index contributed by atoms with van der Waals surface area (Å²) >= 11 is 0. The first kappa shape index (κ1) is 15.1. The van der Waals surface area contributed by atoms with Crippen LogP contribution >= 0.6 is 0 Å².